The third-order valence-corrected chi connectivity index (χ3v) is 13.1. The first-order valence-corrected chi connectivity index (χ1v) is 28.8. The van der Waals surface area contributed by atoms with E-state index in [1.165, 1.54) is 212 Å². The van der Waals surface area contributed by atoms with Crippen LogP contribution >= 0.6 is 0 Å². The first-order chi connectivity index (χ1) is 32.0. The van der Waals surface area contributed by atoms with Gasteiger partial charge in [0.15, 0.2) is 0 Å². The van der Waals surface area contributed by atoms with Gasteiger partial charge in [0, 0.05) is 12.8 Å². The molecule has 0 aliphatic heterocycles. The van der Waals surface area contributed by atoms with Crippen molar-refractivity contribution in [1.82, 2.24) is 5.32 Å². The van der Waals surface area contributed by atoms with Crippen LogP contribution in [-0.2, 0) is 14.3 Å². The molecule has 65 heavy (non-hydrogen) atoms. The predicted molar refractivity (Wildman–Crippen MR) is 283 cm³/mol. The van der Waals surface area contributed by atoms with Crippen LogP contribution in [0.15, 0.2) is 36.5 Å². The number of hydrogen-bond acceptors (Lipinski definition) is 5. The molecule has 0 bridgehead atoms. The minimum atomic E-state index is -0.854. The summed E-state index contributed by atoms with van der Waals surface area (Å²) in [4.78, 5) is 24.5. The Balaban J connectivity index is 3.46. The summed E-state index contributed by atoms with van der Waals surface area (Å²) in [5.74, 6) is -0.0901. The van der Waals surface area contributed by atoms with Crippen molar-refractivity contribution < 1.29 is 24.5 Å². The molecule has 6 nitrogen and oxygen atoms in total. The number of hydrogen-bond donors (Lipinski definition) is 3. The molecular formula is C59H111NO5. The number of rotatable bonds is 53. The fourth-order valence-electron chi connectivity index (χ4n) is 8.68. The van der Waals surface area contributed by atoms with Gasteiger partial charge in [-0.05, 0) is 83.5 Å². The zero-order chi connectivity index (χ0) is 47.2. The average molecular weight is 915 g/mol. The Kier molecular flexibility index (Phi) is 53.1. The third-order valence-electron chi connectivity index (χ3n) is 13.1. The highest BCUT2D eigenvalue weighted by Crippen LogP contribution is 2.16. The van der Waals surface area contributed by atoms with Crippen molar-refractivity contribution in [2.75, 3.05) is 13.2 Å². The molecule has 0 aliphatic rings. The first-order valence-electron chi connectivity index (χ1n) is 28.8. The number of esters is 1. The molecule has 1 amide bonds. The molecule has 382 valence electrons. The lowest BCUT2D eigenvalue weighted by atomic mass is 10.0. The topological polar surface area (TPSA) is 95.9 Å². The van der Waals surface area contributed by atoms with Crippen molar-refractivity contribution in [1.29, 1.82) is 0 Å². The molecule has 6 heteroatoms. The number of ether oxygens (including phenoxy) is 1. The molecule has 0 heterocycles. The molecule has 3 N–H and O–H groups in total. The average Bonchev–Trinajstić information content (AvgIpc) is 3.31. The van der Waals surface area contributed by atoms with Crippen molar-refractivity contribution in [3.63, 3.8) is 0 Å². The van der Waals surface area contributed by atoms with E-state index in [0.717, 1.165) is 64.2 Å². The van der Waals surface area contributed by atoms with Gasteiger partial charge in [0.25, 0.3) is 0 Å². The van der Waals surface area contributed by atoms with Crippen LogP contribution in [0.2, 0.25) is 0 Å². The van der Waals surface area contributed by atoms with E-state index in [4.69, 9.17) is 4.74 Å². The molecule has 0 aromatic heterocycles. The second-order valence-corrected chi connectivity index (χ2v) is 19.6. The minimum absolute atomic E-state index is 0.00459. The van der Waals surface area contributed by atoms with Crippen LogP contribution in [-0.4, -0.2) is 47.4 Å². The summed E-state index contributed by atoms with van der Waals surface area (Å²) in [5.41, 5.74) is 0. The van der Waals surface area contributed by atoms with Crippen LogP contribution in [0.25, 0.3) is 0 Å². The zero-order valence-electron chi connectivity index (χ0n) is 43.5. The quantitative estimate of drug-likeness (QED) is 0.0321. The maximum atomic E-state index is 12.4. The SMILES string of the molecule is CCCCCCCC/C=C\CCCCCCCCCCCC(=O)OCCCCCCCCC/C=C\CCCCCCCC(=O)NC(CO)C(O)/C=C/CCCCCCCCCCCCC. The molecule has 0 aromatic carbocycles. The van der Waals surface area contributed by atoms with E-state index in [0.29, 0.717) is 19.4 Å². The number of allylic oxidation sites excluding steroid dienone is 5. The molecule has 0 saturated carbocycles. The molecule has 2 atom stereocenters. The molecule has 0 spiro atoms. The van der Waals surface area contributed by atoms with E-state index < -0.39 is 12.1 Å². The van der Waals surface area contributed by atoms with Crippen molar-refractivity contribution >= 4 is 11.9 Å². The van der Waals surface area contributed by atoms with Gasteiger partial charge in [-0.15, -0.1) is 0 Å². The number of unbranched alkanes of at least 4 members (excludes halogenated alkanes) is 38. The van der Waals surface area contributed by atoms with E-state index in [9.17, 15) is 19.8 Å². The van der Waals surface area contributed by atoms with Crippen molar-refractivity contribution in [3.05, 3.63) is 36.5 Å². The van der Waals surface area contributed by atoms with Gasteiger partial charge in [0.05, 0.1) is 25.4 Å². The van der Waals surface area contributed by atoms with E-state index in [1.54, 1.807) is 6.08 Å². The summed E-state index contributed by atoms with van der Waals surface area (Å²) in [6, 6.07) is -0.640. The van der Waals surface area contributed by atoms with Crippen molar-refractivity contribution in [2.45, 2.75) is 315 Å². The van der Waals surface area contributed by atoms with Crippen molar-refractivity contribution in [2.24, 2.45) is 0 Å². The third kappa shape index (κ3) is 51.3. The summed E-state index contributed by atoms with van der Waals surface area (Å²) in [6.07, 6.45) is 67.3. The number of amides is 1. The lowest BCUT2D eigenvalue weighted by Crippen LogP contribution is -2.45. The smallest absolute Gasteiger partial charge is 0.305 e. The number of carbonyl (C=O) groups is 2. The van der Waals surface area contributed by atoms with Gasteiger partial charge < -0.3 is 20.3 Å². The molecule has 0 fully saturated rings. The molecule has 0 saturated heterocycles. The van der Waals surface area contributed by atoms with E-state index in [1.807, 2.05) is 6.08 Å². The first kappa shape index (κ1) is 63.1. The lowest BCUT2D eigenvalue weighted by molar-refractivity contribution is -0.143. The lowest BCUT2D eigenvalue weighted by Gasteiger charge is -2.20. The van der Waals surface area contributed by atoms with Gasteiger partial charge in [-0.1, -0.05) is 243 Å². The molecule has 0 radical (unpaired) electrons. The van der Waals surface area contributed by atoms with Crippen molar-refractivity contribution in [3.8, 4) is 0 Å². The van der Waals surface area contributed by atoms with Gasteiger partial charge in [-0.2, -0.15) is 0 Å². The number of carbonyl (C=O) groups excluding carboxylic acids is 2. The highest BCUT2D eigenvalue weighted by Gasteiger charge is 2.18. The normalized spacial score (nSPS) is 12.9. The fraction of sp³-hybridized carbons (Fsp3) is 0.864. The summed E-state index contributed by atoms with van der Waals surface area (Å²) in [7, 11) is 0. The van der Waals surface area contributed by atoms with Gasteiger partial charge in [-0.25, -0.2) is 0 Å². The van der Waals surface area contributed by atoms with Crippen LogP contribution in [0, 0.1) is 0 Å². The maximum absolute atomic E-state index is 12.4. The molecule has 0 rings (SSSR count). The summed E-state index contributed by atoms with van der Waals surface area (Å²) in [6.45, 7) is 4.87. The van der Waals surface area contributed by atoms with Crippen LogP contribution in [0.1, 0.15) is 303 Å². The van der Waals surface area contributed by atoms with Crippen LogP contribution in [0.4, 0.5) is 0 Å². The van der Waals surface area contributed by atoms with Gasteiger partial charge in [-0.3, -0.25) is 9.59 Å². The largest absolute Gasteiger partial charge is 0.466 e. The Labute approximate surface area is 404 Å². The monoisotopic (exact) mass is 914 g/mol. The Morgan fingerprint density at radius 1 is 0.415 bits per heavy atom. The number of aliphatic hydroxyl groups excluding tert-OH is 2. The minimum Gasteiger partial charge on any atom is -0.466 e. The highest BCUT2D eigenvalue weighted by atomic mass is 16.5. The summed E-state index contributed by atoms with van der Waals surface area (Å²) in [5, 5.41) is 23.0. The predicted octanol–water partition coefficient (Wildman–Crippen LogP) is 17.6. The second kappa shape index (κ2) is 54.7. The van der Waals surface area contributed by atoms with Gasteiger partial charge in [0.2, 0.25) is 5.91 Å². The van der Waals surface area contributed by atoms with Crippen LogP contribution in [0.3, 0.4) is 0 Å². The molecule has 0 aromatic rings. The van der Waals surface area contributed by atoms with Crippen LogP contribution < -0.4 is 5.32 Å². The van der Waals surface area contributed by atoms with Gasteiger partial charge in [0.1, 0.15) is 0 Å². The maximum Gasteiger partial charge on any atom is 0.305 e. The number of nitrogens with one attached hydrogen (secondary N) is 1. The van der Waals surface area contributed by atoms with Gasteiger partial charge >= 0.3 is 5.97 Å². The summed E-state index contributed by atoms with van der Waals surface area (Å²) >= 11 is 0. The number of aliphatic hydroxyl groups is 2. The summed E-state index contributed by atoms with van der Waals surface area (Å²) < 4.78 is 5.48. The second-order valence-electron chi connectivity index (χ2n) is 19.6. The molecular weight excluding hydrogens is 803 g/mol. The fourth-order valence-corrected chi connectivity index (χ4v) is 8.68. The highest BCUT2D eigenvalue weighted by molar-refractivity contribution is 5.76. The Bertz CT molecular complexity index is 1060. The van der Waals surface area contributed by atoms with E-state index in [2.05, 4.69) is 43.5 Å². The van der Waals surface area contributed by atoms with E-state index in [-0.39, 0.29) is 18.5 Å². The zero-order valence-corrected chi connectivity index (χ0v) is 43.5. The Morgan fingerprint density at radius 2 is 0.723 bits per heavy atom. The Hall–Kier alpha value is -1.92. The Morgan fingerprint density at radius 3 is 1.09 bits per heavy atom. The molecule has 2 unspecified atom stereocenters. The van der Waals surface area contributed by atoms with E-state index >= 15 is 0 Å². The standard InChI is InChI=1S/C59H111NO5/c1-3-5-7-9-11-13-15-17-18-19-20-21-25-29-33-37-41-45-49-53-59(64)65-54-50-46-42-38-34-30-26-23-22-24-28-32-36-40-44-48-52-58(63)60-56(55-61)57(62)51-47-43-39-35-31-27-16-14-12-10-8-6-4-2/h17-18,22,24,47,51,56-57,61-62H,3-16,19-21,23,25-46,48-50,52-55H2,1-2H3,(H,60,63)/b18-17-,24-22-,51-47+. The molecule has 0 aliphatic carbocycles. The van der Waals surface area contributed by atoms with Crippen LogP contribution in [0.5, 0.6) is 0 Å².